The van der Waals surface area contributed by atoms with E-state index in [1.165, 1.54) is 0 Å². The molecule has 118 valence electrons. The normalized spacial score (nSPS) is 12.0. The molecule has 1 rings (SSSR count). The summed E-state index contributed by atoms with van der Waals surface area (Å²) in [5, 5.41) is 14.2. The van der Waals surface area contributed by atoms with Crippen LogP contribution in [-0.2, 0) is 0 Å². The third-order valence-electron chi connectivity index (χ3n) is 2.93. The molecular weight excluding hydrogens is 268 g/mol. The molecule has 0 heterocycles. The molecule has 0 aliphatic rings. The minimum atomic E-state index is -0.226. The zero-order valence-corrected chi connectivity index (χ0v) is 13.1. The molecule has 5 nitrogen and oxygen atoms in total. The fourth-order valence-corrected chi connectivity index (χ4v) is 1.73. The zero-order chi connectivity index (χ0) is 15.7. The monoisotopic (exact) mass is 294 g/mol. The van der Waals surface area contributed by atoms with Crippen molar-refractivity contribution in [3.8, 4) is 5.75 Å². The standard InChI is InChI=1S/C16H26N2O3/c1-12(2)11-21-15-7-5-14(6-8-15)13(3)18-16(20)17-9-4-10-19/h5-8,12-13,19H,4,9-11H2,1-3H3,(H2,17,18,20). The van der Waals surface area contributed by atoms with Crippen molar-refractivity contribution in [3.05, 3.63) is 29.8 Å². The van der Waals surface area contributed by atoms with Gasteiger partial charge in [-0.3, -0.25) is 0 Å². The number of urea groups is 1. The predicted octanol–water partition coefficient (Wildman–Crippen LogP) is 2.46. The Kier molecular flexibility index (Phi) is 7.61. The minimum absolute atomic E-state index is 0.0771. The third kappa shape index (κ3) is 6.99. The fourth-order valence-electron chi connectivity index (χ4n) is 1.73. The Hall–Kier alpha value is -1.75. The molecule has 5 heteroatoms. The van der Waals surface area contributed by atoms with Crippen LogP contribution in [0.2, 0.25) is 0 Å². The van der Waals surface area contributed by atoms with E-state index in [9.17, 15) is 4.79 Å². The van der Waals surface area contributed by atoms with E-state index >= 15 is 0 Å². The number of rotatable bonds is 8. The van der Waals surface area contributed by atoms with Crippen LogP contribution in [0.15, 0.2) is 24.3 Å². The summed E-state index contributed by atoms with van der Waals surface area (Å²) in [6.07, 6.45) is 0.559. The number of hydrogen-bond donors (Lipinski definition) is 3. The molecule has 0 spiro atoms. The first-order chi connectivity index (χ1) is 10.0. The highest BCUT2D eigenvalue weighted by atomic mass is 16.5. The molecule has 0 aliphatic carbocycles. The van der Waals surface area contributed by atoms with Gasteiger partial charge >= 0.3 is 6.03 Å². The first-order valence-electron chi connectivity index (χ1n) is 7.41. The average molecular weight is 294 g/mol. The minimum Gasteiger partial charge on any atom is -0.493 e. The molecule has 0 aromatic heterocycles. The summed E-state index contributed by atoms with van der Waals surface area (Å²) < 4.78 is 5.63. The molecule has 21 heavy (non-hydrogen) atoms. The lowest BCUT2D eigenvalue weighted by molar-refractivity contribution is 0.235. The maximum atomic E-state index is 11.6. The Morgan fingerprint density at radius 2 is 1.90 bits per heavy atom. The first-order valence-corrected chi connectivity index (χ1v) is 7.41. The molecule has 0 bridgehead atoms. The van der Waals surface area contributed by atoms with E-state index in [0.717, 1.165) is 11.3 Å². The van der Waals surface area contributed by atoms with Crippen LogP contribution in [-0.4, -0.2) is 30.9 Å². The van der Waals surface area contributed by atoms with Crippen molar-refractivity contribution in [2.45, 2.75) is 33.2 Å². The molecule has 0 radical (unpaired) electrons. The van der Waals surface area contributed by atoms with Crippen molar-refractivity contribution < 1.29 is 14.6 Å². The van der Waals surface area contributed by atoms with Crippen molar-refractivity contribution in [2.24, 2.45) is 5.92 Å². The summed E-state index contributed by atoms with van der Waals surface area (Å²) in [7, 11) is 0. The van der Waals surface area contributed by atoms with Crippen LogP contribution >= 0.6 is 0 Å². The number of amides is 2. The summed E-state index contributed by atoms with van der Waals surface area (Å²) in [5.74, 6) is 1.33. The molecule has 0 aliphatic heterocycles. The van der Waals surface area contributed by atoms with Gasteiger partial charge in [0.1, 0.15) is 5.75 Å². The van der Waals surface area contributed by atoms with Crippen LogP contribution in [0.25, 0.3) is 0 Å². The van der Waals surface area contributed by atoms with Gasteiger partial charge < -0.3 is 20.5 Å². The van der Waals surface area contributed by atoms with Gasteiger partial charge in [0.25, 0.3) is 0 Å². The van der Waals surface area contributed by atoms with Crippen molar-refractivity contribution in [2.75, 3.05) is 19.8 Å². The summed E-state index contributed by atoms with van der Waals surface area (Å²) in [6, 6.07) is 7.43. The van der Waals surface area contributed by atoms with E-state index in [2.05, 4.69) is 24.5 Å². The van der Waals surface area contributed by atoms with Gasteiger partial charge in [0.2, 0.25) is 0 Å². The maximum absolute atomic E-state index is 11.6. The molecule has 1 aromatic rings. The Morgan fingerprint density at radius 1 is 1.24 bits per heavy atom. The number of carbonyl (C=O) groups excluding carboxylic acids is 1. The van der Waals surface area contributed by atoms with Crippen molar-refractivity contribution in [3.63, 3.8) is 0 Å². The number of ether oxygens (including phenoxy) is 1. The Morgan fingerprint density at radius 3 is 2.48 bits per heavy atom. The first kappa shape index (κ1) is 17.3. The Labute approximate surface area is 126 Å². The van der Waals surface area contributed by atoms with E-state index in [1.807, 2.05) is 31.2 Å². The lowest BCUT2D eigenvalue weighted by atomic mass is 10.1. The van der Waals surface area contributed by atoms with Gasteiger partial charge in [-0.15, -0.1) is 0 Å². The predicted molar refractivity (Wildman–Crippen MR) is 83.4 cm³/mol. The highest BCUT2D eigenvalue weighted by molar-refractivity contribution is 5.74. The van der Waals surface area contributed by atoms with Crippen LogP contribution < -0.4 is 15.4 Å². The largest absolute Gasteiger partial charge is 0.493 e. The smallest absolute Gasteiger partial charge is 0.315 e. The van der Waals surface area contributed by atoms with Crippen molar-refractivity contribution in [1.29, 1.82) is 0 Å². The van der Waals surface area contributed by atoms with Gasteiger partial charge in [0.05, 0.1) is 12.6 Å². The van der Waals surface area contributed by atoms with Crippen LogP contribution in [0.1, 0.15) is 38.8 Å². The van der Waals surface area contributed by atoms with Crippen LogP contribution in [0.3, 0.4) is 0 Å². The molecule has 0 saturated carbocycles. The lowest BCUT2D eigenvalue weighted by Gasteiger charge is -2.16. The number of benzene rings is 1. The van der Waals surface area contributed by atoms with Gasteiger partial charge in [-0.1, -0.05) is 26.0 Å². The van der Waals surface area contributed by atoms with Crippen molar-refractivity contribution >= 4 is 6.03 Å². The highest BCUT2D eigenvalue weighted by Crippen LogP contribution is 2.18. The van der Waals surface area contributed by atoms with Crippen molar-refractivity contribution in [1.82, 2.24) is 10.6 Å². The summed E-state index contributed by atoms with van der Waals surface area (Å²) in [6.45, 7) is 7.38. The number of hydrogen-bond acceptors (Lipinski definition) is 3. The van der Waals surface area contributed by atoms with E-state index in [4.69, 9.17) is 9.84 Å². The average Bonchev–Trinajstić information content (AvgIpc) is 2.45. The second-order valence-corrected chi connectivity index (χ2v) is 5.47. The second kappa shape index (κ2) is 9.23. The van der Waals surface area contributed by atoms with Gasteiger partial charge in [0.15, 0.2) is 0 Å². The number of nitrogens with one attached hydrogen (secondary N) is 2. The number of aliphatic hydroxyl groups excluding tert-OH is 1. The molecule has 2 amide bonds. The highest BCUT2D eigenvalue weighted by Gasteiger charge is 2.09. The van der Waals surface area contributed by atoms with Gasteiger partial charge in [-0.25, -0.2) is 4.79 Å². The summed E-state index contributed by atoms with van der Waals surface area (Å²) in [4.78, 5) is 11.6. The van der Waals surface area contributed by atoms with Gasteiger partial charge in [-0.05, 0) is 37.0 Å². The van der Waals surface area contributed by atoms with E-state index < -0.39 is 0 Å². The molecule has 0 saturated heterocycles. The Bertz CT molecular complexity index is 418. The van der Waals surface area contributed by atoms with E-state index in [-0.39, 0.29) is 18.7 Å². The third-order valence-corrected chi connectivity index (χ3v) is 2.93. The molecule has 3 N–H and O–H groups in total. The Balaban J connectivity index is 2.43. The van der Waals surface area contributed by atoms with E-state index in [1.54, 1.807) is 0 Å². The topological polar surface area (TPSA) is 70.6 Å². The molecule has 0 fully saturated rings. The van der Waals surface area contributed by atoms with Gasteiger partial charge in [0, 0.05) is 13.2 Å². The quantitative estimate of drug-likeness (QED) is 0.645. The summed E-state index contributed by atoms with van der Waals surface area (Å²) in [5.41, 5.74) is 1.02. The van der Waals surface area contributed by atoms with Crippen LogP contribution in [0, 0.1) is 5.92 Å². The zero-order valence-electron chi connectivity index (χ0n) is 13.1. The fraction of sp³-hybridized carbons (Fsp3) is 0.562. The molecule has 1 unspecified atom stereocenters. The maximum Gasteiger partial charge on any atom is 0.315 e. The molecule has 1 aromatic carbocycles. The lowest BCUT2D eigenvalue weighted by Crippen LogP contribution is -2.37. The number of carbonyl (C=O) groups is 1. The van der Waals surface area contributed by atoms with E-state index in [0.29, 0.717) is 25.5 Å². The summed E-state index contributed by atoms with van der Waals surface area (Å²) >= 11 is 0. The SMILES string of the molecule is CC(C)COc1ccc(C(C)NC(=O)NCCCO)cc1. The van der Waals surface area contributed by atoms with Gasteiger partial charge in [-0.2, -0.15) is 0 Å². The van der Waals surface area contributed by atoms with Crippen LogP contribution in [0.4, 0.5) is 4.79 Å². The van der Waals surface area contributed by atoms with Crippen LogP contribution in [0.5, 0.6) is 5.75 Å². The number of aliphatic hydroxyl groups is 1. The second-order valence-electron chi connectivity index (χ2n) is 5.47. The molecule has 1 atom stereocenters. The molecular formula is C16H26N2O3.